The number of hydrogen-bond donors (Lipinski definition) is 1. The monoisotopic (exact) mass is 267 g/mol. The lowest BCUT2D eigenvalue weighted by molar-refractivity contribution is 0.866. The fourth-order valence-electron chi connectivity index (χ4n) is 1.75. The summed E-state index contributed by atoms with van der Waals surface area (Å²) >= 11 is 0. The number of rotatable bonds is 6. The molecule has 0 radical (unpaired) electrons. The maximum Gasteiger partial charge on any atom is 0.187 e. The predicted molar refractivity (Wildman–Crippen MR) is 80.3 cm³/mol. The van der Waals surface area contributed by atoms with Crippen molar-refractivity contribution in [3.8, 4) is 12.1 Å². The third-order valence-electron chi connectivity index (χ3n) is 2.91. The number of anilines is 1. The van der Waals surface area contributed by atoms with Gasteiger partial charge in [-0.2, -0.15) is 10.5 Å². The maximum absolute atomic E-state index is 8.82. The topological polar surface area (TPSA) is 87.0 Å². The molecule has 1 atom stereocenters. The second-order valence-electron chi connectivity index (χ2n) is 4.10. The Morgan fingerprint density at radius 3 is 2.35 bits per heavy atom. The Morgan fingerprint density at radius 1 is 1.30 bits per heavy atom. The standard InChI is InChI=1S/C15H17N5/c1-3-20(4-2)13-7-5-12(6-8-13)11-19-15(10-17)14(18)9-16/h5-8,11,15,18H,3-4H2,1-2H3/t15-/m1/s1. The van der Waals surface area contributed by atoms with E-state index in [1.54, 1.807) is 6.07 Å². The van der Waals surface area contributed by atoms with Crippen LogP contribution >= 0.6 is 0 Å². The number of benzene rings is 1. The zero-order chi connectivity index (χ0) is 15.0. The van der Waals surface area contributed by atoms with Crippen LogP contribution in [-0.4, -0.2) is 31.1 Å². The van der Waals surface area contributed by atoms with Crippen molar-refractivity contribution in [2.24, 2.45) is 4.99 Å². The van der Waals surface area contributed by atoms with Gasteiger partial charge in [0.25, 0.3) is 0 Å². The van der Waals surface area contributed by atoms with E-state index < -0.39 is 6.04 Å². The summed E-state index contributed by atoms with van der Waals surface area (Å²) < 4.78 is 0. The van der Waals surface area contributed by atoms with Gasteiger partial charge in [-0.05, 0) is 31.5 Å². The lowest BCUT2D eigenvalue weighted by Crippen LogP contribution is -2.21. The average molecular weight is 267 g/mol. The van der Waals surface area contributed by atoms with Crippen LogP contribution in [0, 0.1) is 28.1 Å². The van der Waals surface area contributed by atoms with E-state index >= 15 is 0 Å². The molecular weight excluding hydrogens is 250 g/mol. The molecule has 0 unspecified atom stereocenters. The Balaban J connectivity index is 2.83. The molecule has 0 amide bonds. The van der Waals surface area contributed by atoms with Crippen LogP contribution in [0.1, 0.15) is 19.4 Å². The van der Waals surface area contributed by atoms with Crippen LogP contribution in [0.25, 0.3) is 0 Å². The van der Waals surface area contributed by atoms with Crippen LogP contribution < -0.4 is 4.90 Å². The molecule has 1 aromatic carbocycles. The van der Waals surface area contributed by atoms with E-state index in [4.69, 9.17) is 15.9 Å². The summed E-state index contributed by atoms with van der Waals surface area (Å²) in [6, 6.07) is 10.2. The highest BCUT2D eigenvalue weighted by atomic mass is 15.1. The Morgan fingerprint density at radius 2 is 1.90 bits per heavy atom. The highest BCUT2D eigenvalue weighted by Crippen LogP contribution is 2.14. The summed E-state index contributed by atoms with van der Waals surface area (Å²) in [4.78, 5) is 6.18. The van der Waals surface area contributed by atoms with E-state index in [0.29, 0.717) is 0 Å². The first kappa shape index (κ1) is 15.4. The molecule has 0 spiro atoms. The molecule has 5 nitrogen and oxygen atoms in total. The zero-order valence-corrected chi connectivity index (χ0v) is 11.7. The van der Waals surface area contributed by atoms with Crippen molar-refractivity contribution in [1.29, 1.82) is 15.9 Å². The molecule has 102 valence electrons. The molecule has 1 rings (SSSR count). The molecule has 0 aliphatic heterocycles. The fourth-order valence-corrected chi connectivity index (χ4v) is 1.75. The van der Waals surface area contributed by atoms with E-state index in [9.17, 15) is 0 Å². The van der Waals surface area contributed by atoms with Gasteiger partial charge < -0.3 is 4.90 Å². The van der Waals surface area contributed by atoms with Crippen molar-refractivity contribution in [2.45, 2.75) is 19.9 Å². The Bertz CT molecular complexity index is 555. The average Bonchev–Trinajstić information content (AvgIpc) is 2.50. The summed E-state index contributed by atoms with van der Waals surface area (Å²) in [6.07, 6.45) is 1.52. The SMILES string of the molecule is CCN(CC)c1ccc(C=N[C@H](C#N)C(=N)C#N)cc1. The van der Waals surface area contributed by atoms with Gasteiger partial charge in [-0.25, -0.2) is 0 Å². The minimum Gasteiger partial charge on any atom is -0.372 e. The van der Waals surface area contributed by atoms with Gasteiger partial charge in [-0.1, -0.05) is 12.1 Å². The minimum atomic E-state index is -1.03. The van der Waals surface area contributed by atoms with Crippen LogP contribution in [0.3, 0.4) is 0 Å². The van der Waals surface area contributed by atoms with Gasteiger partial charge in [-0.3, -0.25) is 10.4 Å². The number of nitrogens with one attached hydrogen (secondary N) is 1. The van der Waals surface area contributed by atoms with E-state index in [1.165, 1.54) is 6.21 Å². The van der Waals surface area contributed by atoms with E-state index in [2.05, 4.69) is 23.7 Å². The molecule has 0 heterocycles. The van der Waals surface area contributed by atoms with Crippen LogP contribution in [0.4, 0.5) is 5.69 Å². The summed E-state index contributed by atoms with van der Waals surface area (Å²) in [6.45, 7) is 6.09. The van der Waals surface area contributed by atoms with Crippen molar-refractivity contribution in [3.05, 3.63) is 29.8 Å². The zero-order valence-electron chi connectivity index (χ0n) is 11.7. The molecule has 0 fully saturated rings. The highest BCUT2D eigenvalue weighted by molar-refractivity contribution is 6.03. The summed E-state index contributed by atoms with van der Waals surface area (Å²) in [5, 5.41) is 24.7. The van der Waals surface area contributed by atoms with E-state index in [1.807, 2.05) is 30.3 Å². The van der Waals surface area contributed by atoms with Crippen molar-refractivity contribution < 1.29 is 0 Å². The molecule has 1 N–H and O–H groups in total. The van der Waals surface area contributed by atoms with Gasteiger partial charge in [0.15, 0.2) is 6.04 Å². The number of hydrogen-bond acceptors (Lipinski definition) is 5. The first-order valence-electron chi connectivity index (χ1n) is 6.42. The summed E-state index contributed by atoms with van der Waals surface area (Å²) in [5.74, 6) is 0. The lowest BCUT2D eigenvalue weighted by atomic mass is 10.2. The van der Waals surface area contributed by atoms with Crippen LogP contribution in [-0.2, 0) is 0 Å². The van der Waals surface area contributed by atoms with Crippen molar-refractivity contribution in [1.82, 2.24) is 0 Å². The molecule has 0 saturated carbocycles. The third kappa shape index (κ3) is 3.93. The third-order valence-corrected chi connectivity index (χ3v) is 2.91. The molecule has 0 aromatic heterocycles. The Labute approximate surface area is 119 Å². The number of nitriles is 2. The molecular formula is C15H17N5. The van der Waals surface area contributed by atoms with Crippen LogP contribution in [0.5, 0.6) is 0 Å². The second kappa shape index (κ2) is 7.70. The van der Waals surface area contributed by atoms with E-state index in [-0.39, 0.29) is 5.71 Å². The first-order valence-corrected chi connectivity index (χ1v) is 6.42. The van der Waals surface area contributed by atoms with Crippen LogP contribution in [0.15, 0.2) is 29.3 Å². The van der Waals surface area contributed by atoms with Crippen molar-refractivity contribution in [3.63, 3.8) is 0 Å². The van der Waals surface area contributed by atoms with Crippen molar-refractivity contribution >= 4 is 17.6 Å². The van der Waals surface area contributed by atoms with Gasteiger partial charge in [0.2, 0.25) is 0 Å². The lowest BCUT2D eigenvalue weighted by Gasteiger charge is -2.20. The van der Waals surface area contributed by atoms with E-state index in [0.717, 1.165) is 24.3 Å². The molecule has 1 aromatic rings. The Hall–Kier alpha value is -2.66. The van der Waals surface area contributed by atoms with Crippen molar-refractivity contribution in [2.75, 3.05) is 18.0 Å². The quantitative estimate of drug-likeness (QED) is 0.803. The number of nitrogens with zero attached hydrogens (tertiary/aromatic N) is 4. The molecule has 0 bridgehead atoms. The first-order chi connectivity index (χ1) is 9.65. The van der Waals surface area contributed by atoms with Gasteiger partial charge in [0.1, 0.15) is 11.8 Å². The minimum absolute atomic E-state index is 0.344. The number of aliphatic imine (C=N–C) groups is 1. The second-order valence-corrected chi connectivity index (χ2v) is 4.10. The van der Waals surface area contributed by atoms with Gasteiger partial charge in [0, 0.05) is 25.0 Å². The normalized spacial score (nSPS) is 11.6. The van der Waals surface area contributed by atoms with Gasteiger partial charge in [-0.15, -0.1) is 0 Å². The smallest absolute Gasteiger partial charge is 0.187 e. The van der Waals surface area contributed by atoms with Crippen LogP contribution in [0.2, 0.25) is 0 Å². The highest BCUT2D eigenvalue weighted by Gasteiger charge is 2.10. The maximum atomic E-state index is 8.82. The molecule has 0 saturated heterocycles. The molecule has 0 aliphatic carbocycles. The summed E-state index contributed by atoms with van der Waals surface area (Å²) in [7, 11) is 0. The van der Waals surface area contributed by atoms with Gasteiger partial charge >= 0.3 is 0 Å². The fraction of sp³-hybridized carbons (Fsp3) is 0.333. The largest absolute Gasteiger partial charge is 0.372 e. The predicted octanol–water partition coefficient (Wildman–Crippen LogP) is 2.39. The molecule has 0 aliphatic rings. The molecule has 5 heteroatoms. The Kier molecular flexibility index (Phi) is 5.93. The van der Waals surface area contributed by atoms with Gasteiger partial charge in [0.05, 0.1) is 6.07 Å². The molecule has 20 heavy (non-hydrogen) atoms. The summed E-state index contributed by atoms with van der Waals surface area (Å²) in [5.41, 5.74) is 1.63.